The predicted octanol–water partition coefficient (Wildman–Crippen LogP) is 6.45. The highest BCUT2D eigenvalue weighted by Gasteiger charge is 2.14. The molecular weight excluding hydrogens is 567 g/mol. The average molecular weight is 586 g/mol. The monoisotopic (exact) mass is 582 g/mol. The van der Waals surface area contributed by atoms with E-state index in [4.69, 9.17) is 16.3 Å². The second-order valence-electron chi connectivity index (χ2n) is 5.92. The topological polar surface area (TPSA) is 70.7 Å². The van der Waals surface area contributed by atoms with Crippen molar-refractivity contribution >= 4 is 59.4 Å². The molecule has 0 bridgehead atoms. The van der Waals surface area contributed by atoms with E-state index in [1.807, 2.05) is 39.8 Å². The van der Waals surface area contributed by atoms with Gasteiger partial charge in [-0.3, -0.25) is 0 Å². The van der Waals surface area contributed by atoms with Crippen LogP contribution in [0.1, 0.15) is 39.8 Å². The Morgan fingerprint density at radius 2 is 1.44 bits per heavy atom. The second-order valence-corrected chi connectivity index (χ2v) is 8.46. The van der Waals surface area contributed by atoms with Crippen molar-refractivity contribution in [1.82, 2.24) is 29.5 Å². The molecule has 27 heavy (non-hydrogen) atoms. The predicted molar refractivity (Wildman–Crippen MR) is 115 cm³/mol. The van der Waals surface area contributed by atoms with Crippen LogP contribution in [0.3, 0.4) is 0 Å². The highest BCUT2D eigenvalue weighted by molar-refractivity contribution is 9.11. The lowest BCUT2D eigenvalue weighted by Crippen LogP contribution is -2.05. The fourth-order valence-corrected chi connectivity index (χ4v) is 3.65. The van der Waals surface area contributed by atoms with E-state index in [0.29, 0.717) is 32.3 Å². The molecule has 0 saturated carbocycles. The van der Waals surface area contributed by atoms with Gasteiger partial charge in [0, 0.05) is 6.04 Å². The molecule has 1 aromatic carbocycles. The smallest absolute Gasteiger partial charge is 0.321 e. The highest BCUT2D eigenvalue weighted by Crippen LogP contribution is 2.29. The van der Waals surface area contributed by atoms with Crippen molar-refractivity contribution in [2.24, 2.45) is 0 Å². The molecule has 3 aromatic rings. The van der Waals surface area contributed by atoms with Gasteiger partial charge in [-0.15, -0.1) is 10.2 Å². The minimum atomic E-state index is 0.159. The van der Waals surface area contributed by atoms with E-state index >= 15 is 0 Å². The molecule has 0 amide bonds. The standard InChI is InChI=1S/C11H11BrClN3O.C5H7Br2N3/c1-7(2)16-11(14-10(12)15-16)17-9-6-4-3-5-8(9)13;1-3(2)10-5(7)8-4(6)9-10/h3-7H,1-2H3;3H,1-2H3. The normalized spacial score (nSPS) is 10.9. The summed E-state index contributed by atoms with van der Waals surface area (Å²) in [6.45, 7) is 8.10. The van der Waals surface area contributed by atoms with Gasteiger partial charge >= 0.3 is 6.01 Å². The molecule has 0 aliphatic carbocycles. The summed E-state index contributed by atoms with van der Waals surface area (Å²) in [4.78, 5) is 8.17. The minimum Gasteiger partial charge on any atom is -0.423 e. The maximum atomic E-state index is 6.02. The summed E-state index contributed by atoms with van der Waals surface area (Å²) >= 11 is 15.7. The molecule has 11 heteroatoms. The van der Waals surface area contributed by atoms with Gasteiger partial charge in [0.1, 0.15) is 5.75 Å². The van der Waals surface area contributed by atoms with E-state index in [-0.39, 0.29) is 6.04 Å². The Balaban J connectivity index is 0.000000223. The van der Waals surface area contributed by atoms with Gasteiger partial charge in [0.25, 0.3) is 0 Å². The van der Waals surface area contributed by atoms with Crippen molar-refractivity contribution in [2.45, 2.75) is 39.8 Å². The third-order valence-corrected chi connectivity index (χ3v) is 4.68. The lowest BCUT2D eigenvalue weighted by molar-refractivity contribution is 0.376. The molecule has 0 atom stereocenters. The van der Waals surface area contributed by atoms with Gasteiger partial charge in [-0.2, -0.15) is 9.97 Å². The molecule has 0 N–H and O–H groups in total. The Hall–Kier alpha value is -0.970. The van der Waals surface area contributed by atoms with Gasteiger partial charge in [0.05, 0.1) is 11.1 Å². The average Bonchev–Trinajstić information content (AvgIpc) is 3.12. The number of halogens is 4. The third kappa shape index (κ3) is 6.27. The Morgan fingerprint density at radius 3 is 1.93 bits per heavy atom. The molecule has 0 unspecified atom stereocenters. The first-order chi connectivity index (χ1) is 12.7. The number of hydrogen-bond acceptors (Lipinski definition) is 5. The lowest BCUT2D eigenvalue weighted by atomic mass is 10.3. The summed E-state index contributed by atoms with van der Waals surface area (Å²) in [5, 5.41) is 8.82. The number of rotatable bonds is 4. The summed E-state index contributed by atoms with van der Waals surface area (Å²) < 4.78 is 11.0. The van der Waals surface area contributed by atoms with Crippen LogP contribution in [0.15, 0.2) is 38.5 Å². The van der Waals surface area contributed by atoms with Crippen molar-refractivity contribution in [1.29, 1.82) is 0 Å². The maximum absolute atomic E-state index is 6.02. The number of ether oxygens (including phenoxy) is 1. The molecule has 0 fully saturated rings. The highest BCUT2D eigenvalue weighted by atomic mass is 79.9. The van der Waals surface area contributed by atoms with E-state index in [9.17, 15) is 0 Å². The van der Waals surface area contributed by atoms with E-state index in [2.05, 4.69) is 68.0 Å². The van der Waals surface area contributed by atoms with Gasteiger partial charge in [-0.05, 0) is 87.6 Å². The van der Waals surface area contributed by atoms with Crippen LogP contribution < -0.4 is 4.74 Å². The van der Waals surface area contributed by atoms with Gasteiger partial charge in [0.2, 0.25) is 9.47 Å². The van der Waals surface area contributed by atoms with Crippen LogP contribution in [-0.4, -0.2) is 29.5 Å². The van der Waals surface area contributed by atoms with Crippen LogP contribution >= 0.6 is 59.4 Å². The molecule has 2 heterocycles. The van der Waals surface area contributed by atoms with Crippen LogP contribution in [0.25, 0.3) is 0 Å². The Morgan fingerprint density at radius 1 is 0.889 bits per heavy atom. The van der Waals surface area contributed by atoms with Crippen LogP contribution in [0, 0.1) is 0 Å². The summed E-state index contributed by atoms with van der Waals surface area (Å²) in [6, 6.07) is 8.17. The van der Waals surface area contributed by atoms with Crippen molar-refractivity contribution in [3.63, 3.8) is 0 Å². The van der Waals surface area contributed by atoms with Gasteiger partial charge in [-0.1, -0.05) is 23.7 Å². The van der Waals surface area contributed by atoms with E-state index in [1.165, 1.54) is 0 Å². The first kappa shape index (κ1) is 22.3. The summed E-state index contributed by atoms with van der Waals surface area (Å²) in [7, 11) is 0. The molecule has 0 saturated heterocycles. The third-order valence-electron chi connectivity index (χ3n) is 3.15. The molecule has 0 aliphatic heterocycles. The lowest BCUT2D eigenvalue weighted by Gasteiger charge is -2.10. The number of aromatic nitrogens is 6. The van der Waals surface area contributed by atoms with Crippen molar-refractivity contribution in [2.75, 3.05) is 0 Å². The van der Waals surface area contributed by atoms with Crippen LogP contribution in [0.4, 0.5) is 0 Å². The number of nitrogens with zero attached hydrogens (tertiary/aromatic N) is 6. The fraction of sp³-hybridized carbons (Fsp3) is 0.375. The number of benzene rings is 1. The molecular formula is C16H18Br3ClN6O. The Bertz CT molecular complexity index is 896. The number of para-hydroxylation sites is 1. The molecule has 3 rings (SSSR count). The number of hydrogen-bond donors (Lipinski definition) is 0. The molecule has 0 radical (unpaired) electrons. The van der Waals surface area contributed by atoms with Crippen LogP contribution in [0.2, 0.25) is 5.02 Å². The van der Waals surface area contributed by atoms with Gasteiger partial charge in [-0.25, -0.2) is 9.36 Å². The molecule has 2 aromatic heterocycles. The minimum absolute atomic E-state index is 0.159. The largest absolute Gasteiger partial charge is 0.423 e. The summed E-state index contributed by atoms with van der Waals surface area (Å²) in [5.74, 6) is 0.566. The van der Waals surface area contributed by atoms with E-state index in [1.54, 1.807) is 21.5 Å². The van der Waals surface area contributed by atoms with Crippen LogP contribution in [-0.2, 0) is 0 Å². The fourth-order valence-electron chi connectivity index (χ4n) is 1.92. The zero-order chi connectivity index (χ0) is 20.1. The van der Waals surface area contributed by atoms with Crippen LogP contribution in [0.5, 0.6) is 11.8 Å². The van der Waals surface area contributed by atoms with E-state index < -0.39 is 0 Å². The van der Waals surface area contributed by atoms with E-state index in [0.717, 1.165) is 4.73 Å². The Labute approximate surface area is 187 Å². The quantitative estimate of drug-likeness (QED) is 0.352. The van der Waals surface area contributed by atoms with Gasteiger partial charge in [0.15, 0.2) is 4.73 Å². The molecule has 0 aliphatic rings. The summed E-state index contributed by atoms with van der Waals surface area (Å²) in [5.41, 5.74) is 0. The zero-order valence-electron chi connectivity index (χ0n) is 15.1. The molecule has 0 spiro atoms. The van der Waals surface area contributed by atoms with Gasteiger partial charge < -0.3 is 4.74 Å². The Kier molecular flexibility index (Phi) is 8.26. The SMILES string of the molecule is CC(C)n1nc(Br)nc1Br.CC(C)n1nc(Br)nc1Oc1ccccc1Cl. The molecule has 7 nitrogen and oxygen atoms in total. The zero-order valence-corrected chi connectivity index (χ0v) is 20.6. The first-order valence-corrected chi connectivity index (χ1v) is 10.8. The second kappa shape index (κ2) is 9.99. The van der Waals surface area contributed by atoms with Crippen molar-refractivity contribution in [3.8, 4) is 11.8 Å². The first-order valence-electron chi connectivity index (χ1n) is 8.01. The van der Waals surface area contributed by atoms with Crippen molar-refractivity contribution < 1.29 is 4.74 Å². The molecule has 146 valence electrons. The maximum Gasteiger partial charge on any atom is 0.321 e. The van der Waals surface area contributed by atoms with Crippen molar-refractivity contribution in [3.05, 3.63) is 43.5 Å². The summed E-state index contributed by atoms with van der Waals surface area (Å²) in [6.07, 6.45) is 0.